The number of hydrogen-bond acceptors (Lipinski definition) is 1. The van der Waals surface area contributed by atoms with Gasteiger partial charge in [-0.1, -0.05) is 34.1 Å². The van der Waals surface area contributed by atoms with Crippen LogP contribution in [0.4, 0.5) is 13.2 Å². The highest BCUT2D eigenvalue weighted by Gasteiger charge is 2.34. The number of rotatable bonds is 3. The number of hydrogen-bond donors (Lipinski definition) is 0. The normalized spacial score (nSPS) is 11.5. The van der Waals surface area contributed by atoms with E-state index in [0.29, 0.717) is 5.33 Å². The molecule has 0 spiro atoms. The molecule has 1 nitrogen and oxygen atoms in total. The van der Waals surface area contributed by atoms with Crippen molar-refractivity contribution in [3.63, 3.8) is 0 Å². The molecule has 0 atom stereocenters. The molecule has 5 heteroatoms. The minimum atomic E-state index is -4.47. The molecule has 1 aromatic rings. The maximum atomic E-state index is 12.5. The summed E-state index contributed by atoms with van der Waals surface area (Å²) in [6, 6.07) is 4.82. The number of Topliss-reactive ketones (excluding diaryl/α,β-unsaturated/α-hetero) is 1. The van der Waals surface area contributed by atoms with Crippen LogP contribution in [0.2, 0.25) is 0 Å². The van der Waals surface area contributed by atoms with Gasteiger partial charge in [-0.2, -0.15) is 13.2 Å². The van der Waals surface area contributed by atoms with Crippen LogP contribution in [0.15, 0.2) is 24.3 Å². The Morgan fingerprint density at radius 2 is 1.87 bits per heavy atom. The van der Waals surface area contributed by atoms with E-state index in [4.69, 9.17) is 0 Å². The molecule has 1 aromatic carbocycles. The SMILES string of the molecule is O=C(CCBr)c1ccccc1C(F)(F)F. The molecule has 0 aliphatic heterocycles. The van der Waals surface area contributed by atoms with Crippen LogP contribution in [0.1, 0.15) is 22.3 Å². The van der Waals surface area contributed by atoms with E-state index in [0.717, 1.165) is 6.07 Å². The Bertz CT molecular complexity index is 360. The summed E-state index contributed by atoms with van der Waals surface area (Å²) in [5.41, 5.74) is -1.12. The van der Waals surface area contributed by atoms with Gasteiger partial charge in [0.25, 0.3) is 0 Å². The van der Waals surface area contributed by atoms with Crippen molar-refractivity contribution in [2.24, 2.45) is 0 Å². The van der Waals surface area contributed by atoms with Crippen LogP contribution in [0.25, 0.3) is 0 Å². The van der Waals surface area contributed by atoms with Gasteiger partial charge in [-0.25, -0.2) is 0 Å². The number of benzene rings is 1. The van der Waals surface area contributed by atoms with Gasteiger partial charge in [-0.3, -0.25) is 4.79 Å². The maximum Gasteiger partial charge on any atom is 0.417 e. The molecular weight excluding hydrogens is 273 g/mol. The molecule has 0 amide bonds. The van der Waals surface area contributed by atoms with E-state index in [1.165, 1.54) is 18.2 Å². The van der Waals surface area contributed by atoms with Crippen molar-refractivity contribution in [1.29, 1.82) is 0 Å². The summed E-state index contributed by atoms with van der Waals surface area (Å²) in [7, 11) is 0. The molecule has 82 valence electrons. The topological polar surface area (TPSA) is 17.1 Å². The molecule has 0 aromatic heterocycles. The average molecular weight is 281 g/mol. The molecule has 0 bridgehead atoms. The number of alkyl halides is 4. The second-order valence-corrected chi connectivity index (χ2v) is 3.70. The van der Waals surface area contributed by atoms with Crippen LogP contribution in [-0.2, 0) is 6.18 Å². The zero-order valence-electron chi connectivity index (χ0n) is 7.64. The van der Waals surface area contributed by atoms with Crippen molar-refractivity contribution in [1.82, 2.24) is 0 Å². The third-order valence-corrected chi connectivity index (χ3v) is 2.25. The van der Waals surface area contributed by atoms with E-state index in [-0.39, 0.29) is 12.0 Å². The number of halogens is 4. The van der Waals surface area contributed by atoms with Crippen LogP contribution >= 0.6 is 15.9 Å². The zero-order chi connectivity index (χ0) is 11.5. The standard InChI is InChI=1S/C10H8BrF3O/c11-6-5-9(15)7-3-1-2-4-8(7)10(12,13)14/h1-4H,5-6H2. The maximum absolute atomic E-state index is 12.5. The predicted octanol–water partition coefficient (Wildman–Crippen LogP) is 3.67. The van der Waals surface area contributed by atoms with Gasteiger partial charge in [0.1, 0.15) is 0 Å². The highest BCUT2D eigenvalue weighted by atomic mass is 79.9. The van der Waals surface area contributed by atoms with E-state index in [9.17, 15) is 18.0 Å². The first-order valence-electron chi connectivity index (χ1n) is 4.22. The Labute approximate surface area is 93.4 Å². The van der Waals surface area contributed by atoms with Gasteiger partial charge >= 0.3 is 6.18 Å². The molecule has 15 heavy (non-hydrogen) atoms. The minimum absolute atomic E-state index is 0.0626. The fourth-order valence-electron chi connectivity index (χ4n) is 1.19. The Morgan fingerprint density at radius 3 is 2.40 bits per heavy atom. The second kappa shape index (κ2) is 4.79. The van der Waals surface area contributed by atoms with E-state index >= 15 is 0 Å². The number of ketones is 1. The van der Waals surface area contributed by atoms with Gasteiger partial charge in [0.2, 0.25) is 0 Å². The minimum Gasteiger partial charge on any atom is -0.294 e. The summed E-state index contributed by atoms with van der Waals surface area (Å²) < 4.78 is 37.5. The lowest BCUT2D eigenvalue weighted by atomic mass is 10.0. The third kappa shape index (κ3) is 3.06. The molecule has 0 fully saturated rings. The van der Waals surface area contributed by atoms with Crippen molar-refractivity contribution in [3.05, 3.63) is 35.4 Å². The molecule has 0 N–H and O–H groups in total. The molecule has 0 radical (unpaired) electrons. The van der Waals surface area contributed by atoms with Crippen molar-refractivity contribution in [2.45, 2.75) is 12.6 Å². The van der Waals surface area contributed by atoms with Crippen LogP contribution in [0.3, 0.4) is 0 Å². The van der Waals surface area contributed by atoms with Crippen molar-refractivity contribution in [3.8, 4) is 0 Å². The summed E-state index contributed by atoms with van der Waals surface area (Å²) >= 11 is 3.02. The zero-order valence-corrected chi connectivity index (χ0v) is 9.23. The summed E-state index contributed by atoms with van der Waals surface area (Å²) in [5, 5.41) is 0.359. The molecular formula is C10H8BrF3O. The lowest BCUT2D eigenvalue weighted by Crippen LogP contribution is -2.13. The average Bonchev–Trinajstić information content (AvgIpc) is 2.17. The first-order valence-corrected chi connectivity index (χ1v) is 5.34. The van der Waals surface area contributed by atoms with Gasteiger partial charge in [0.05, 0.1) is 5.56 Å². The van der Waals surface area contributed by atoms with Crippen LogP contribution in [-0.4, -0.2) is 11.1 Å². The Hall–Kier alpha value is -0.840. The summed E-state index contributed by atoms with van der Waals surface area (Å²) in [6.07, 6.45) is -4.41. The summed E-state index contributed by atoms with van der Waals surface area (Å²) in [6.45, 7) is 0. The first-order chi connectivity index (χ1) is 6.96. The molecule has 1 rings (SSSR count). The largest absolute Gasteiger partial charge is 0.417 e. The summed E-state index contributed by atoms with van der Waals surface area (Å²) in [5.74, 6) is -0.500. The Morgan fingerprint density at radius 1 is 1.27 bits per heavy atom. The highest BCUT2D eigenvalue weighted by molar-refractivity contribution is 9.09. The monoisotopic (exact) mass is 280 g/mol. The number of carbonyl (C=O) groups is 1. The van der Waals surface area contributed by atoms with Gasteiger partial charge in [0.15, 0.2) is 5.78 Å². The van der Waals surface area contributed by atoms with Crippen molar-refractivity contribution in [2.75, 3.05) is 5.33 Å². The summed E-state index contributed by atoms with van der Waals surface area (Å²) in [4.78, 5) is 11.4. The smallest absolute Gasteiger partial charge is 0.294 e. The first kappa shape index (κ1) is 12.2. The Kier molecular flexibility index (Phi) is 3.90. The predicted molar refractivity (Wildman–Crippen MR) is 54.2 cm³/mol. The number of carbonyl (C=O) groups excluding carboxylic acids is 1. The quantitative estimate of drug-likeness (QED) is 0.610. The lowest BCUT2D eigenvalue weighted by Gasteiger charge is -2.10. The molecule has 0 aliphatic carbocycles. The van der Waals surface area contributed by atoms with E-state index < -0.39 is 17.5 Å². The van der Waals surface area contributed by atoms with E-state index in [1.54, 1.807) is 0 Å². The van der Waals surface area contributed by atoms with E-state index in [1.807, 2.05) is 0 Å². The molecule has 0 heterocycles. The van der Waals surface area contributed by atoms with Gasteiger partial charge < -0.3 is 0 Å². The molecule has 0 saturated carbocycles. The molecule has 0 aliphatic rings. The van der Waals surface area contributed by atoms with Gasteiger partial charge in [-0.05, 0) is 6.07 Å². The van der Waals surface area contributed by atoms with Crippen LogP contribution in [0.5, 0.6) is 0 Å². The molecule has 0 unspecified atom stereocenters. The highest BCUT2D eigenvalue weighted by Crippen LogP contribution is 2.32. The van der Waals surface area contributed by atoms with Crippen LogP contribution in [0, 0.1) is 0 Å². The van der Waals surface area contributed by atoms with E-state index in [2.05, 4.69) is 15.9 Å². The molecule has 0 saturated heterocycles. The van der Waals surface area contributed by atoms with Crippen molar-refractivity contribution >= 4 is 21.7 Å². The fourth-order valence-corrected chi connectivity index (χ4v) is 1.55. The van der Waals surface area contributed by atoms with Gasteiger partial charge in [-0.15, -0.1) is 0 Å². The third-order valence-electron chi connectivity index (χ3n) is 1.85. The van der Waals surface area contributed by atoms with Crippen molar-refractivity contribution < 1.29 is 18.0 Å². The fraction of sp³-hybridized carbons (Fsp3) is 0.300. The Balaban J connectivity index is 3.12. The van der Waals surface area contributed by atoms with Crippen LogP contribution < -0.4 is 0 Å². The second-order valence-electron chi connectivity index (χ2n) is 2.91. The van der Waals surface area contributed by atoms with Gasteiger partial charge in [0, 0.05) is 17.3 Å². The lowest BCUT2D eigenvalue weighted by molar-refractivity contribution is -0.137.